The first-order valence-electron chi connectivity index (χ1n) is 19.9. The number of furan rings is 1. The van der Waals surface area contributed by atoms with Crippen LogP contribution in [0.1, 0.15) is 0 Å². The van der Waals surface area contributed by atoms with Gasteiger partial charge in [-0.2, -0.15) is 0 Å². The highest BCUT2D eigenvalue weighted by atomic mass is 28.3. The van der Waals surface area contributed by atoms with Crippen LogP contribution in [0.4, 0.5) is 0 Å². The Hall–Kier alpha value is -7.40. The van der Waals surface area contributed by atoms with E-state index in [1.165, 1.54) is 53.3 Å². The second-order valence-electron chi connectivity index (χ2n) is 15.2. The van der Waals surface area contributed by atoms with Crippen molar-refractivity contribution < 1.29 is 4.42 Å². The zero-order valence-corrected chi connectivity index (χ0v) is 32.6. The third-order valence-corrected chi connectivity index (χ3v) is 17.0. The Bertz CT molecular complexity index is 3470. The van der Waals surface area contributed by atoms with Crippen LogP contribution in [-0.2, 0) is 0 Å². The summed E-state index contributed by atoms with van der Waals surface area (Å²) in [5.74, 6) is 0. The molecule has 4 heteroatoms. The van der Waals surface area contributed by atoms with Gasteiger partial charge in [-0.3, -0.25) is 0 Å². The molecule has 0 bridgehead atoms. The summed E-state index contributed by atoms with van der Waals surface area (Å²) in [6.07, 6.45) is 0. The maximum absolute atomic E-state index is 6.78. The molecular formula is C54H36N2OSi. The first-order valence-corrected chi connectivity index (χ1v) is 21.9. The molecule has 3 aromatic heterocycles. The largest absolute Gasteiger partial charge is 0.454 e. The van der Waals surface area contributed by atoms with Crippen molar-refractivity contribution in [3.63, 3.8) is 0 Å². The van der Waals surface area contributed by atoms with Gasteiger partial charge in [0.1, 0.15) is 5.58 Å². The minimum absolute atomic E-state index is 0.901. The Morgan fingerprint density at radius 2 is 0.879 bits per heavy atom. The molecule has 3 nitrogen and oxygen atoms in total. The molecule has 0 amide bonds. The molecule has 0 N–H and O–H groups in total. The topological polar surface area (TPSA) is 23.0 Å². The molecular weight excluding hydrogens is 721 g/mol. The van der Waals surface area contributed by atoms with Crippen molar-refractivity contribution in [1.29, 1.82) is 0 Å². The Morgan fingerprint density at radius 3 is 1.62 bits per heavy atom. The second-order valence-corrected chi connectivity index (χ2v) is 19.0. The second kappa shape index (κ2) is 12.8. The van der Waals surface area contributed by atoms with Crippen LogP contribution in [0.3, 0.4) is 0 Å². The van der Waals surface area contributed by atoms with Gasteiger partial charge in [0.15, 0.2) is 13.7 Å². The van der Waals surface area contributed by atoms with Crippen molar-refractivity contribution in [2.75, 3.05) is 0 Å². The molecule has 0 fully saturated rings. The summed E-state index contributed by atoms with van der Waals surface area (Å²) in [6.45, 7) is 0. The molecule has 0 spiro atoms. The van der Waals surface area contributed by atoms with Crippen LogP contribution in [-0.4, -0.2) is 17.2 Å². The van der Waals surface area contributed by atoms with Gasteiger partial charge in [0, 0.05) is 43.7 Å². The van der Waals surface area contributed by atoms with Gasteiger partial charge in [-0.25, -0.2) is 0 Å². The molecule has 0 atom stereocenters. The first kappa shape index (κ1) is 32.8. The van der Waals surface area contributed by atoms with Crippen molar-refractivity contribution in [2.45, 2.75) is 0 Å². The van der Waals surface area contributed by atoms with Crippen LogP contribution < -0.4 is 20.7 Å². The molecule has 0 aliphatic carbocycles. The van der Waals surface area contributed by atoms with Crippen LogP contribution in [0.15, 0.2) is 223 Å². The van der Waals surface area contributed by atoms with E-state index in [1.807, 2.05) is 0 Å². The van der Waals surface area contributed by atoms with Gasteiger partial charge in [0.25, 0.3) is 0 Å². The number of rotatable bonds is 6. The SMILES string of the molecule is c1ccc(-n2c3ccccc3c3c([Si](c4ccccc4)(c4ccccc4)c4cccc(-n5c6ccccc6c6ccc7c8ccccc8oc7c65)c4)cccc32)cc1. The third-order valence-electron chi connectivity index (χ3n) is 12.2. The lowest BCUT2D eigenvalue weighted by molar-refractivity contribution is 0.671. The van der Waals surface area contributed by atoms with Crippen LogP contribution in [0.25, 0.3) is 76.9 Å². The van der Waals surface area contributed by atoms with Crippen molar-refractivity contribution in [3.8, 4) is 11.4 Å². The van der Waals surface area contributed by atoms with Gasteiger partial charge in [0.2, 0.25) is 0 Å². The van der Waals surface area contributed by atoms with E-state index in [9.17, 15) is 0 Å². The van der Waals surface area contributed by atoms with Crippen LogP contribution >= 0.6 is 0 Å². The number of hydrogen-bond donors (Lipinski definition) is 0. The number of benzene rings is 9. The maximum atomic E-state index is 6.78. The lowest BCUT2D eigenvalue weighted by atomic mass is 10.1. The van der Waals surface area contributed by atoms with Gasteiger partial charge in [-0.05, 0) is 75.3 Å². The highest BCUT2D eigenvalue weighted by Crippen LogP contribution is 2.40. The minimum atomic E-state index is -3.08. The average molecular weight is 757 g/mol. The first-order chi connectivity index (χ1) is 28.8. The highest BCUT2D eigenvalue weighted by molar-refractivity contribution is 7.20. The van der Waals surface area contributed by atoms with Gasteiger partial charge in [0.05, 0.1) is 22.1 Å². The Morgan fingerprint density at radius 1 is 0.345 bits per heavy atom. The van der Waals surface area contributed by atoms with Gasteiger partial charge >= 0.3 is 0 Å². The van der Waals surface area contributed by atoms with E-state index in [4.69, 9.17) is 4.42 Å². The molecule has 3 heterocycles. The smallest absolute Gasteiger partial charge is 0.180 e. The molecule has 58 heavy (non-hydrogen) atoms. The molecule has 0 radical (unpaired) electrons. The molecule has 0 aliphatic rings. The summed E-state index contributed by atoms with van der Waals surface area (Å²) in [6, 6.07) is 80.3. The number of hydrogen-bond acceptors (Lipinski definition) is 1. The quantitative estimate of drug-likeness (QED) is 0.122. The van der Waals surface area contributed by atoms with Gasteiger partial charge < -0.3 is 13.6 Å². The summed E-state index contributed by atoms with van der Waals surface area (Å²) in [5, 5.41) is 12.6. The summed E-state index contributed by atoms with van der Waals surface area (Å²) in [4.78, 5) is 0. The van der Waals surface area contributed by atoms with Crippen LogP contribution in [0.5, 0.6) is 0 Å². The van der Waals surface area contributed by atoms with Crippen molar-refractivity contribution >= 4 is 94.4 Å². The van der Waals surface area contributed by atoms with E-state index < -0.39 is 8.07 Å². The predicted molar refractivity (Wildman–Crippen MR) is 246 cm³/mol. The van der Waals surface area contributed by atoms with Crippen molar-refractivity contribution in [2.24, 2.45) is 0 Å². The summed E-state index contributed by atoms with van der Waals surface area (Å²) in [5.41, 5.74) is 8.73. The Balaban J connectivity index is 1.23. The number of nitrogens with zero attached hydrogens (tertiary/aromatic N) is 2. The highest BCUT2D eigenvalue weighted by Gasteiger charge is 2.43. The molecule has 0 saturated carbocycles. The van der Waals surface area contributed by atoms with E-state index in [0.29, 0.717) is 0 Å². The van der Waals surface area contributed by atoms with Crippen molar-refractivity contribution in [1.82, 2.24) is 9.13 Å². The molecule has 9 aromatic carbocycles. The molecule has 0 unspecified atom stereocenters. The van der Waals surface area contributed by atoms with Gasteiger partial charge in [-0.15, -0.1) is 0 Å². The fourth-order valence-corrected chi connectivity index (χ4v) is 14.9. The van der Waals surface area contributed by atoms with Gasteiger partial charge in [-0.1, -0.05) is 164 Å². The van der Waals surface area contributed by atoms with Crippen LogP contribution in [0.2, 0.25) is 0 Å². The summed E-state index contributed by atoms with van der Waals surface area (Å²) < 4.78 is 11.7. The zero-order chi connectivity index (χ0) is 38.2. The lowest BCUT2D eigenvalue weighted by Crippen LogP contribution is -2.74. The summed E-state index contributed by atoms with van der Waals surface area (Å²) in [7, 11) is -3.08. The molecule has 12 aromatic rings. The average Bonchev–Trinajstić information content (AvgIpc) is 3.96. The van der Waals surface area contributed by atoms with E-state index >= 15 is 0 Å². The molecule has 272 valence electrons. The Kier molecular flexibility index (Phi) is 7.25. The summed E-state index contributed by atoms with van der Waals surface area (Å²) >= 11 is 0. The number of para-hydroxylation sites is 4. The zero-order valence-electron chi connectivity index (χ0n) is 31.6. The molecule has 0 saturated heterocycles. The van der Waals surface area contributed by atoms with Crippen molar-refractivity contribution in [3.05, 3.63) is 218 Å². The van der Waals surface area contributed by atoms with Crippen LogP contribution in [0, 0.1) is 0 Å². The maximum Gasteiger partial charge on any atom is 0.180 e. The fourth-order valence-electron chi connectivity index (χ4n) is 9.91. The monoisotopic (exact) mass is 756 g/mol. The number of fused-ring (bicyclic) bond motifs is 10. The minimum Gasteiger partial charge on any atom is -0.454 e. The third kappa shape index (κ3) is 4.61. The van der Waals surface area contributed by atoms with E-state index in [2.05, 4.69) is 228 Å². The molecule has 0 aliphatic heterocycles. The Labute approximate surface area is 336 Å². The fraction of sp³-hybridized carbons (Fsp3) is 0. The van der Waals surface area contributed by atoms with E-state index in [1.54, 1.807) is 0 Å². The van der Waals surface area contributed by atoms with E-state index in [-0.39, 0.29) is 0 Å². The number of aromatic nitrogens is 2. The standard InChI is InChI=1S/C54H36N2OSi/c1-4-18-37(19-5-1)55-48-30-14-11-28-46(48)52-49(55)31-17-33-51(52)58(39-21-6-2-7-22-39,40-23-8-3-9-24-40)41-25-16-20-38(36-41)56-47-29-13-10-26-42(47)44-34-35-45-43-27-12-15-32-50(43)57-54(45)53(44)56/h1-36H. The lowest BCUT2D eigenvalue weighted by Gasteiger charge is -2.35. The normalized spacial score (nSPS) is 12.1. The van der Waals surface area contributed by atoms with E-state index in [0.717, 1.165) is 44.3 Å². The predicted octanol–water partition coefficient (Wildman–Crippen LogP) is 11.2. The molecule has 12 rings (SSSR count).